The summed E-state index contributed by atoms with van der Waals surface area (Å²) in [5.41, 5.74) is 2.79. The first-order chi connectivity index (χ1) is 9.86. The van der Waals surface area contributed by atoms with E-state index in [4.69, 9.17) is 0 Å². The minimum atomic E-state index is 0.931. The highest BCUT2D eigenvalue weighted by Crippen LogP contribution is 2.27. The zero-order valence-electron chi connectivity index (χ0n) is 11.9. The smallest absolute Gasteiger partial charge is 0.129 e. The van der Waals surface area contributed by atoms with Crippen LogP contribution in [0.5, 0.6) is 0 Å². The second kappa shape index (κ2) is 6.37. The molecule has 4 heteroatoms. The van der Waals surface area contributed by atoms with E-state index in [-0.39, 0.29) is 0 Å². The van der Waals surface area contributed by atoms with Crippen molar-refractivity contribution < 1.29 is 0 Å². The van der Waals surface area contributed by atoms with Crippen molar-refractivity contribution in [1.82, 2.24) is 10.3 Å². The van der Waals surface area contributed by atoms with Gasteiger partial charge in [-0.05, 0) is 54.1 Å². The molecule has 0 saturated carbocycles. The number of hydrogen-bond acceptors (Lipinski definition) is 4. The summed E-state index contributed by atoms with van der Waals surface area (Å²) in [5.74, 6) is 1.11. The molecular weight excluding hydrogens is 266 g/mol. The molecule has 3 heterocycles. The second-order valence-electron chi connectivity index (χ2n) is 5.24. The third kappa shape index (κ3) is 3.02. The van der Waals surface area contributed by atoms with Gasteiger partial charge >= 0.3 is 0 Å². The Bertz CT molecular complexity index is 564. The van der Waals surface area contributed by atoms with Crippen LogP contribution >= 0.6 is 11.3 Å². The van der Waals surface area contributed by atoms with Gasteiger partial charge in [0.15, 0.2) is 0 Å². The van der Waals surface area contributed by atoms with Gasteiger partial charge in [-0.15, -0.1) is 11.3 Å². The average Bonchev–Trinajstić information content (AvgIpc) is 2.95. The van der Waals surface area contributed by atoms with Gasteiger partial charge in [0.05, 0.1) is 0 Å². The zero-order valence-corrected chi connectivity index (χ0v) is 12.7. The van der Waals surface area contributed by atoms with E-state index in [0.29, 0.717) is 0 Å². The predicted octanol–water partition coefficient (Wildman–Crippen LogP) is 3.21. The molecule has 2 aromatic heterocycles. The van der Waals surface area contributed by atoms with Crippen LogP contribution < -0.4 is 10.2 Å². The topological polar surface area (TPSA) is 28.2 Å². The first kappa shape index (κ1) is 13.6. The van der Waals surface area contributed by atoms with Crippen LogP contribution in [-0.4, -0.2) is 18.1 Å². The van der Waals surface area contributed by atoms with Crippen LogP contribution in [0.25, 0.3) is 0 Å². The summed E-state index contributed by atoms with van der Waals surface area (Å²) < 4.78 is 0. The number of thiophene rings is 1. The fraction of sp³-hybridized carbons (Fsp3) is 0.438. The number of anilines is 1. The van der Waals surface area contributed by atoms with Crippen molar-refractivity contribution in [3.8, 4) is 0 Å². The highest BCUT2D eigenvalue weighted by molar-refractivity contribution is 7.10. The molecule has 0 radical (unpaired) electrons. The van der Waals surface area contributed by atoms with E-state index in [1.165, 1.54) is 17.5 Å². The van der Waals surface area contributed by atoms with Crippen LogP contribution in [0.15, 0.2) is 29.8 Å². The van der Waals surface area contributed by atoms with Crippen molar-refractivity contribution in [3.63, 3.8) is 0 Å². The normalized spacial score (nSPS) is 14.3. The number of fused-ring (bicyclic) bond motifs is 1. The van der Waals surface area contributed by atoms with Gasteiger partial charge < -0.3 is 10.2 Å². The molecule has 0 spiro atoms. The lowest BCUT2D eigenvalue weighted by molar-refractivity contribution is 0.673. The van der Waals surface area contributed by atoms with Crippen LogP contribution in [0, 0.1) is 0 Å². The molecule has 0 bridgehead atoms. The summed E-state index contributed by atoms with van der Waals surface area (Å²) in [6, 6.07) is 6.57. The Morgan fingerprint density at radius 3 is 3.25 bits per heavy atom. The fourth-order valence-corrected chi connectivity index (χ4v) is 3.49. The van der Waals surface area contributed by atoms with Gasteiger partial charge in [-0.1, -0.05) is 6.92 Å². The molecule has 1 aliphatic rings. The molecule has 0 atom stereocenters. The molecule has 0 aromatic carbocycles. The number of aromatic nitrogens is 1. The molecule has 0 saturated heterocycles. The van der Waals surface area contributed by atoms with E-state index in [1.54, 1.807) is 4.88 Å². The lowest BCUT2D eigenvalue weighted by Gasteiger charge is -2.28. The molecular formula is C16H21N3S. The van der Waals surface area contributed by atoms with Gasteiger partial charge in [-0.3, -0.25) is 0 Å². The molecule has 3 rings (SSSR count). The Morgan fingerprint density at radius 1 is 1.40 bits per heavy atom. The minimum absolute atomic E-state index is 0.931. The van der Waals surface area contributed by atoms with Gasteiger partial charge in [-0.25, -0.2) is 4.98 Å². The van der Waals surface area contributed by atoms with E-state index in [0.717, 1.165) is 38.4 Å². The lowest BCUT2D eigenvalue weighted by Crippen LogP contribution is -2.30. The van der Waals surface area contributed by atoms with Crippen molar-refractivity contribution in [3.05, 3.63) is 45.8 Å². The molecule has 2 aromatic rings. The standard InChI is InChI=1S/C16H21N3S/c1-2-6-17-11-13-3-7-18-16(10-13)19-8-4-15-14(12-19)5-9-20-15/h3,5,7,9-10,17H,2,4,6,8,11-12H2,1H3. The van der Waals surface area contributed by atoms with Crippen molar-refractivity contribution >= 4 is 17.2 Å². The predicted molar refractivity (Wildman–Crippen MR) is 85.3 cm³/mol. The quantitative estimate of drug-likeness (QED) is 0.856. The lowest BCUT2D eigenvalue weighted by atomic mass is 10.1. The third-order valence-corrected chi connectivity index (χ3v) is 4.72. The van der Waals surface area contributed by atoms with Crippen molar-refractivity contribution in [2.24, 2.45) is 0 Å². The summed E-state index contributed by atoms with van der Waals surface area (Å²) in [5, 5.41) is 5.65. The molecule has 0 aliphatic carbocycles. The summed E-state index contributed by atoms with van der Waals surface area (Å²) in [4.78, 5) is 8.48. The maximum Gasteiger partial charge on any atom is 0.129 e. The summed E-state index contributed by atoms with van der Waals surface area (Å²) in [7, 11) is 0. The molecule has 0 fully saturated rings. The maximum absolute atomic E-state index is 4.55. The van der Waals surface area contributed by atoms with E-state index in [1.807, 2.05) is 17.5 Å². The average molecular weight is 287 g/mol. The van der Waals surface area contributed by atoms with Gasteiger partial charge in [0, 0.05) is 30.7 Å². The highest BCUT2D eigenvalue weighted by atomic mass is 32.1. The molecule has 1 N–H and O–H groups in total. The Morgan fingerprint density at radius 2 is 2.35 bits per heavy atom. The van der Waals surface area contributed by atoms with Gasteiger partial charge in [0.25, 0.3) is 0 Å². The van der Waals surface area contributed by atoms with Crippen LogP contribution in [0.3, 0.4) is 0 Å². The molecule has 0 unspecified atom stereocenters. The number of rotatable bonds is 5. The summed E-state index contributed by atoms with van der Waals surface area (Å²) >= 11 is 1.88. The molecule has 20 heavy (non-hydrogen) atoms. The van der Waals surface area contributed by atoms with Crippen LogP contribution in [0.2, 0.25) is 0 Å². The minimum Gasteiger partial charge on any atom is -0.352 e. The van der Waals surface area contributed by atoms with E-state index in [9.17, 15) is 0 Å². The Kier molecular flexibility index (Phi) is 4.33. The fourth-order valence-electron chi connectivity index (χ4n) is 2.60. The van der Waals surface area contributed by atoms with Gasteiger partial charge in [-0.2, -0.15) is 0 Å². The van der Waals surface area contributed by atoms with E-state index >= 15 is 0 Å². The maximum atomic E-state index is 4.55. The monoisotopic (exact) mass is 287 g/mol. The third-order valence-electron chi connectivity index (χ3n) is 3.70. The second-order valence-corrected chi connectivity index (χ2v) is 6.24. The van der Waals surface area contributed by atoms with Crippen molar-refractivity contribution in [2.45, 2.75) is 32.9 Å². The number of nitrogens with one attached hydrogen (secondary N) is 1. The zero-order chi connectivity index (χ0) is 13.8. The van der Waals surface area contributed by atoms with Gasteiger partial charge in [0.1, 0.15) is 5.82 Å². The van der Waals surface area contributed by atoms with Crippen LogP contribution in [0.4, 0.5) is 5.82 Å². The number of pyridine rings is 1. The highest BCUT2D eigenvalue weighted by Gasteiger charge is 2.18. The summed E-state index contributed by atoms with van der Waals surface area (Å²) in [6.45, 7) is 6.27. The SMILES string of the molecule is CCCNCc1ccnc(N2CCc3sccc3C2)c1. The van der Waals surface area contributed by atoms with E-state index < -0.39 is 0 Å². The Balaban J connectivity index is 1.70. The largest absolute Gasteiger partial charge is 0.352 e. The Hall–Kier alpha value is -1.39. The van der Waals surface area contributed by atoms with Crippen LogP contribution in [0.1, 0.15) is 29.3 Å². The first-order valence-corrected chi connectivity index (χ1v) is 8.20. The number of nitrogens with zero attached hydrogens (tertiary/aromatic N) is 2. The Labute approximate surface area is 124 Å². The van der Waals surface area contributed by atoms with Crippen molar-refractivity contribution in [1.29, 1.82) is 0 Å². The number of hydrogen-bond donors (Lipinski definition) is 1. The van der Waals surface area contributed by atoms with Crippen molar-refractivity contribution in [2.75, 3.05) is 18.0 Å². The molecule has 3 nitrogen and oxygen atoms in total. The van der Waals surface area contributed by atoms with Crippen LogP contribution in [-0.2, 0) is 19.5 Å². The van der Waals surface area contributed by atoms with Gasteiger partial charge in [0.2, 0.25) is 0 Å². The first-order valence-electron chi connectivity index (χ1n) is 7.32. The molecule has 1 aliphatic heterocycles. The molecule has 106 valence electrons. The molecule has 0 amide bonds. The summed E-state index contributed by atoms with van der Waals surface area (Å²) in [6.07, 6.45) is 4.25. The van der Waals surface area contributed by atoms with E-state index in [2.05, 4.69) is 45.7 Å².